The molecule has 0 saturated carbocycles. The topological polar surface area (TPSA) is 15.3 Å². The molecule has 1 N–H and O–H groups in total. The summed E-state index contributed by atoms with van der Waals surface area (Å²) in [5.74, 6) is 1.75. The Hall–Kier alpha value is -0.380. The molecule has 1 aliphatic heterocycles. The van der Waals surface area contributed by atoms with Crippen LogP contribution in [0.25, 0.3) is 0 Å². The van der Waals surface area contributed by atoms with Crippen molar-refractivity contribution in [1.82, 2.24) is 10.2 Å². The molecule has 0 spiro atoms. The second kappa shape index (κ2) is 5.98. The molecule has 0 aliphatic carbocycles. The van der Waals surface area contributed by atoms with Gasteiger partial charge in [0.2, 0.25) is 0 Å². The first kappa shape index (κ1) is 13.1. The van der Waals surface area contributed by atoms with E-state index in [2.05, 4.69) is 36.2 Å². The van der Waals surface area contributed by atoms with Crippen molar-refractivity contribution < 1.29 is 0 Å². The molecule has 1 aliphatic rings. The number of nitrogens with one attached hydrogen (secondary N) is 1. The highest BCUT2D eigenvalue weighted by Gasteiger charge is 2.24. The molecule has 0 radical (unpaired) electrons. The van der Waals surface area contributed by atoms with Crippen LogP contribution in [-0.4, -0.2) is 25.0 Å². The van der Waals surface area contributed by atoms with E-state index in [0.717, 1.165) is 24.9 Å². The van der Waals surface area contributed by atoms with E-state index in [0.29, 0.717) is 0 Å². The van der Waals surface area contributed by atoms with Gasteiger partial charge in [-0.15, -0.1) is 11.3 Å². The van der Waals surface area contributed by atoms with Crippen molar-refractivity contribution in [2.24, 2.45) is 11.8 Å². The summed E-state index contributed by atoms with van der Waals surface area (Å²) in [5, 5.41) is 3.21. The smallest absolute Gasteiger partial charge is 0.0328 e. The molecule has 2 nitrogen and oxygen atoms in total. The average molecular weight is 252 g/mol. The van der Waals surface area contributed by atoms with E-state index in [9.17, 15) is 0 Å². The molecule has 0 bridgehead atoms. The lowest BCUT2D eigenvalue weighted by Gasteiger charge is -2.16. The maximum Gasteiger partial charge on any atom is 0.0328 e. The van der Waals surface area contributed by atoms with Crippen molar-refractivity contribution in [2.45, 2.75) is 33.4 Å². The van der Waals surface area contributed by atoms with Gasteiger partial charge in [-0.3, -0.25) is 4.90 Å². The van der Waals surface area contributed by atoms with E-state index in [1.54, 1.807) is 0 Å². The van der Waals surface area contributed by atoms with Crippen LogP contribution in [-0.2, 0) is 13.1 Å². The maximum atomic E-state index is 3.21. The third-order valence-electron chi connectivity index (χ3n) is 3.70. The second-order valence-corrected chi connectivity index (χ2v) is 6.68. The molecule has 1 atom stereocenters. The number of thiophene rings is 1. The van der Waals surface area contributed by atoms with Gasteiger partial charge in [-0.2, -0.15) is 0 Å². The lowest BCUT2D eigenvalue weighted by molar-refractivity contribution is 0.299. The average Bonchev–Trinajstić information content (AvgIpc) is 2.89. The molecule has 1 fully saturated rings. The SMILES string of the molecule is CNCc1ccc(CN2CCC(C(C)C)C2)s1. The van der Waals surface area contributed by atoms with Crippen LogP contribution in [0.4, 0.5) is 0 Å². The Balaban J connectivity index is 1.84. The monoisotopic (exact) mass is 252 g/mol. The largest absolute Gasteiger partial charge is 0.315 e. The van der Waals surface area contributed by atoms with Crippen molar-refractivity contribution >= 4 is 11.3 Å². The molecule has 2 heterocycles. The Kier molecular flexibility index (Phi) is 4.60. The van der Waals surface area contributed by atoms with Gasteiger partial charge in [-0.25, -0.2) is 0 Å². The highest BCUT2D eigenvalue weighted by molar-refractivity contribution is 7.11. The molecule has 3 heteroatoms. The Labute approximate surface area is 109 Å². The minimum absolute atomic E-state index is 0.836. The van der Waals surface area contributed by atoms with Crippen LogP contribution < -0.4 is 5.32 Å². The predicted octanol–water partition coefficient (Wildman–Crippen LogP) is 2.95. The molecular weight excluding hydrogens is 228 g/mol. The van der Waals surface area contributed by atoms with Crippen LogP contribution in [0.5, 0.6) is 0 Å². The maximum absolute atomic E-state index is 3.21. The molecule has 17 heavy (non-hydrogen) atoms. The first-order valence-corrected chi connectivity index (χ1v) is 7.45. The highest BCUT2D eigenvalue weighted by Crippen LogP contribution is 2.26. The number of likely N-dealkylation sites (tertiary alicyclic amines) is 1. The fraction of sp³-hybridized carbons (Fsp3) is 0.714. The van der Waals surface area contributed by atoms with E-state index in [4.69, 9.17) is 0 Å². The van der Waals surface area contributed by atoms with Crippen molar-refractivity contribution in [1.29, 1.82) is 0 Å². The Morgan fingerprint density at radius 1 is 1.41 bits per heavy atom. The van der Waals surface area contributed by atoms with Gasteiger partial charge in [0, 0.05) is 29.4 Å². The summed E-state index contributed by atoms with van der Waals surface area (Å²) in [5.41, 5.74) is 0. The van der Waals surface area contributed by atoms with Gasteiger partial charge < -0.3 is 5.32 Å². The zero-order valence-corrected chi connectivity index (χ0v) is 12.0. The molecule has 96 valence electrons. The van der Waals surface area contributed by atoms with Crippen LogP contribution in [0.1, 0.15) is 30.0 Å². The summed E-state index contributed by atoms with van der Waals surface area (Å²) in [7, 11) is 2.01. The predicted molar refractivity (Wildman–Crippen MR) is 75.3 cm³/mol. The molecule has 1 unspecified atom stereocenters. The third-order valence-corrected chi connectivity index (χ3v) is 4.77. The molecule has 0 amide bonds. The number of hydrogen-bond acceptors (Lipinski definition) is 3. The molecule has 2 rings (SSSR count). The fourth-order valence-electron chi connectivity index (χ4n) is 2.55. The minimum Gasteiger partial charge on any atom is -0.315 e. The van der Waals surface area contributed by atoms with Gasteiger partial charge in [0.25, 0.3) is 0 Å². The van der Waals surface area contributed by atoms with E-state index < -0.39 is 0 Å². The number of rotatable bonds is 5. The summed E-state index contributed by atoms with van der Waals surface area (Å²) in [4.78, 5) is 5.57. The van der Waals surface area contributed by atoms with Gasteiger partial charge in [-0.1, -0.05) is 13.8 Å². The first-order chi connectivity index (χ1) is 8.19. The molecule has 0 aromatic carbocycles. The van der Waals surface area contributed by atoms with Gasteiger partial charge >= 0.3 is 0 Å². The summed E-state index contributed by atoms with van der Waals surface area (Å²) in [6.07, 6.45) is 1.38. The van der Waals surface area contributed by atoms with Crippen LogP contribution in [0.2, 0.25) is 0 Å². The van der Waals surface area contributed by atoms with Crippen molar-refractivity contribution in [3.8, 4) is 0 Å². The molecular formula is C14H24N2S. The van der Waals surface area contributed by atoms with Crippen LogP contribution in [0.3, 0.4) is 0 Å². The van der Waals surface area contributed by atoms with E-state index in [1.807, 2.05) is 18.4 Å². The molecule has 1 saturated heterocycles. The van der Waals surface area contributed by atoms with E-state index in [1.165, 1.54) is 29.3 Å². The zero-order valence-electron chi connectivity index (χ0n) is 11.2. The minimum atomic E-state index is 0.836. The summed E-state index contributed by atoms with van der Waals surface area (Å²) >= 11 is 1.95. The van der Waals surface area contributed by atoms with E-state index >= 15 is 0 Å². The third kappa shape index (κ3) is 3.54. The van der Waals surface area contributed by atoms with Gasteiger partial charge in [0.1, 0.15) is 0 Å². The highest BCUT2D eigenvalue weighted by atomic mass is 32.1. The van der Waals surface area contributed by atoms with Crippen LogP contribution in [0.15, 0.2) is 12.1 Å². The summed E-state index contributed by atoms with van der Waals surface area (Å²) in [6, 6.07) is 4.55. The van der Waals surface area contributed by atoms with Gasteiger partial charge in [0.15, 0.2) is 0 Å². The van der Waals surface area contributed by atoms with Crippen molar-refractivity contribution in [3.63, 3.8) is 0 Å². The molecule has 1 aromatic heterocycles. The summed E-state index contributed by atoms with van der Waals surface area (Å²) < 4.78 is 0. The van der Waals surface area contributed by atoms with Gasteiger partial charge in [0.05, 0.1) is 0 Å². The number of hydrogen-bond donors (Lipinski definition) is 1. The number of nitrogens with zero attached hydrogens (tertiary/aromatic N) is 1. The lowest BCUT2D eigenvalue weighted by atomic mass is 9.95. The van der Waals surface area contributed by atoms with Crippen LogP contribution >= 0.6 is 11.3 Å². The molecule has 1 aromatic rings. The van der Waals surface area contributed by atoms with Gasteiger partial charge in [-0.05, 0) is 44.0 Å². The zero-order chi connectivity index (χ0) is 12.3. The van der Waals surface area contributed by atoms with E-state index in [-0.39, 0.29) is 0 Å². The Bertz CT molecular complexity index is 346. The normalized spacial score (nSPS) is 21.5. The van der Waals surface area contributed by atoms with Crippen LogP contribution in [0, 0.1) is 11.8 Å². The fourth-order valence-corrected chi connectivity index (χ4v) is 3.62. The standard InChI is InChI=1S/C14H24N2S/c1-11(2)12-6-7-16(9-12)10-14-5-4-13(17-14)8-15-3/h4-5,11-12,15H,6-10H2,1-3H3. The quantitative estimate of drug-likeness (QED) is 0.867. The summed E-state index contributed by atoms with van der Waals surface area (Å²) in [6.45, 7) is 9.42. The Morgan fingerprint density at radius 2 is 2.18 bits per heavy atom. The van der Waals surface area contributed by atoms with Crippen molar-refractivity contribution in [2.75, 3.05) is 20.1 Å². The van der Waals surface area contributed by atoms with Crippen molar-refractivity contribution in [3.05, 3.63) is 21.9 Å². The second-order valence-electron chi connectivity index (χ2n) is 5.43. The Morgan fingerprint density at radius 3 is 2.82 bits per heavy atom. The lowest BCUT2D eigenvalue weighted by Crippen LogP contribution is -2.20. The first-order valence-electron chi connectivity index (χ1n) is 6.63.